The number of hydrogen-bond donors (Lipinski definition) is 2. The predicted octanol–water partition coefficient (Wildman–Crippen LogP) is 3.74. The highest BCUT2D eigenvalue weighted by atomic mass is 35.5. The van der Waals surface area contributed by atoms with E-state index in [0.717, 1.165) is 28.4 Å². The molecule has 2 aromatic rings. The lowest BCUT2D eigenvalue weighted by atomic mass is 10.2. The van der Waals surface area contributed by atoms with Crippen LogP contribution >= 0.6 is 23.8 Å². The van der Waals surface area contributed by atoms with Gasteiger partial charge in [0.25, 0.3) is 0 Å². The van der Waals surface area contributed by atoms with E-state index in [2.05, 4.69) is 15.8 Å². The first-order valence-corrected chi connectivity index (χ1v) is 8.00. The quantitative estimate of drug-likeness (QED) is 0.475. The Kier molecular flexibility index (Phi) is 6.84. The molecule has 0 bridgehead atoms. The summed E-state index contributed by atoms with van der Waals surface area (Å²) >= 11 is 10.9. The Morgan fingerprint density at radius 2 is 1.87 bits per heavy atom. The van der Waals surface area contributed by atoms with E-state index in [1.165, 1.54) is 0 Å². The van der Waals surface area contributed by atoms with Crippen molar-refractivity contribution < 1.29 is 4.74 Å². The molecule has 0 aromatic heterocycles. The van der Waals surface area contributed by atoms with Crippen LogP contribution in [-0.2, 0) is 6.61 Å². The van der Waals surface area contributed by atoms with E-state index in [1.54, 1.807) is 6.21 Å². The van der Waals surface area contributed by atoms with Gasteiger partial charge < -0.3 is 10.1 Å². The molecule has 0 aliphatic rings. The van der Waals surface area contributed by atoms with Gasteiger partial charge in [-0.2, -0.15) is 5.10 Å². The van der Waals surface area contributed by atoms with Crippen molar-refractivity contribution in [2.24, 2.45) is 5.10 Å². The Morgan fingerprint density at radius 1 is 1.17 bits per heavy atom. The molecule has 0 radical (unpaired) electrons. The van der Waals surface area contributed by atoms with Gasteiger partial charge in [-0.05, 0) is 66.7 Å². The van der Waals surface area contributed by atoms with E-state index >= 15 is 0 Å². The van der Waals surface area contributed by atoms with Crippen LogP contribution in [0.3, 0.4) is 0 Å². The maximum Gasteiger partial charge on any atom is 0.186 e. The van der Waals surface area contributed by atoms with Gasteiger partial charge in [-0.15, -0.1) is 0 Å². The Bertz CT molecular complexity index is 657. The molecule has 0 atom stereocenters. The molecule has 2 rings (SSSR count). The van der Waals surface area contributed by atoms with E-state index in [9.17, 15) is 0 Å². The minimum Gasteiger partial charge on any atom is -0.489 e. The predicted molar refractivity (Wildman–Crippen MR) is 99.2 cm³/mol. The number of thiocarbonyl (C=S) groups is 1. The van der Waals surface area contributed by atoms with Crippen LogP contribution in [0.5, 0.6) is 5.75 Å². The summed E-state index contributed by atoms with van der Waals surface area (Å²) in [5, 5.41) is 8.24. The summed E-state index contributed by atoms with van der Waals surface area (Å²) in [5.74, 6) is 0.799. The average Bonchev–Trinajstić information content (AvgIpc) is 2.56. The number of benzene rings is 2. The molecule has 0 amide bonds. The summed E-state index contributed by atoms with van der Waals surface area (Å²) in [7, 11) is 0. The van der Waals surface area contributed by atoms with E-state index < -0.39 is 0 Å². The van der Waals surface area contributed by atoms with Crippen LogP contribution in [0.1, 0.15) is 18.1 Å². The maximum atomic E-state index is 5.85. The Labute approximate surface area is 146 Å². The summed E-state index contributed by atoms with van der Waals surface area (Å²) in [6, 6.07) is 15.3. The van der Waals surface area contributed by atoms with Gasteiger partial charge in [-0.25, -0.2) is 0 Å². The first-order valence-electron chi connectivity index (χ1n) is 7.21. The van der Waals surface area contributed by atoms with Crippen molar-refractivity contribution in [2.75, 3.05) is 6.54 Å². The normalized spacial score (nSPS) is 10.5. The molecule has 0 saturated heterocycles. The van der Waals surface area contributed by atoms with E-state index in [1.807, 2.05) is 55.5 Å². The van der Waals surface area contributed by atoms with Crippen LogP contribution in [0.4, 0.5) is 0 Å². The third kappa shape index (κ3) is 6.26. The van der Waals surface area contributed by atoms with E-state index in [4.69, 9.17) is 28.6 Å². The molecule has 2 N–H and O–H groups in total. The number of nitrogens with one attached hydrogen (secondary N) is 2. The zero-order valence-corrected chi connectivity index (χ0v) is 14.3. The van der Waals surface area contributed by atoms with Crippen molar-refractivity contribution in [1.82, 2.24) is 10.7 Å². The van der Waals surface area contributed by atoms with Crippen LogP contribution < -0.4 is 15.5 Å². The lowest BCUT2D eigenvalue weighted by Gasteiger charge is -2.06. The molecule has 0 saturated carbocycles. The molecule has 6 heteroatoms. The molecule has 0 unspecified atom stereocenters. The number of hydrogen-bond acceptors (Lipinski definition) is 3. The lowest BCUT2D eigenvalue weighted by Crippen LogP contribution is -2.31. The molecule has 0 aliphatic heterocycles. The van der Waals surface area contributed by atoms with Crippen molar-refractivity contribution in [3.05, 3.63) is 64.7 Å². The van der Waals surface area contributed by atoms with Crippen LogP contribution in [0.2, 0.25) is 5.02 Å². The second-order valence-electron chi connectivity index (χ2n) is 4.71. The standard InChI is InChI=1S/C17H18ClN3OS/c1-2-19-17(23)21-20-11-13-5-9-16(10-6-13)22-12-14-3-7-15(18)8-4-14/h3-11H,2,12H2,1H3,(H2,19,21,23). The van der Waals surface area contributed by atoms with Gasteiger partial charge in [0.1, 0.15) is 12.4 Å². The van der Waals surface area contributed by atoms with Gasteiger partial charge >= 0.3 is 0 Å². The van der Waals surface area contributed by atoms with Gasteiger partial charge in [-0.1, -0.05) is 23.7 Å². The number of nitrogens with zero attached hydrogens (tertiary/aromatic N) is 1. The second kappa shape index (κ2) is 9.12. The van der Waals surface area contributed by atoms with Crippen LogP contribution in [-0.4, -0.2) is 17.9 Å². The van der Waals surface area contributed by atoms with Crippen molar-refractivity contribution in [3.63, 3.8) is 0 Å². The smallest absolute Gasteiger partial charge is 0.186 e. The van der Waals surface area contributed by atoms with Crippen LogP contribution in [0.25, 0.3) is 0 Å². The molecule has 0 aliphatic carbocycles. The molecule has 0 heterocycles. The van der Waals surface area contributed by atoms with Gasteiger partial charge in [0.05, 0.1) is 6.21 Å². The first kappa shape index (κ1) is 17.2. The Hall–Kier alpha value is -2.11. The highest BCUT2D eigenvalue weighted by molar-refractivity contribution is 7.80. The number of hydrazone groups is 1. The number of halogens is 1. The topological polar surface area (TPSA) is 45.7 Å². The molecular formula is C17H18ClN3OS. The molecule has 120 valence electrons. The lowest BCUT2D eigenvalue weighted by molar-refractivity contribution is 0.306. The van der Waals surface area contributed by atoms with Gasteiger partial charge in [0.2, 0.25) is 0 Å². The third-order valence-electron chi connectivity index (χ3n) is 2.92. The van der Waals surface area contributed by atoms with E-state index in [-0.39, 0.29) is 0 Å². The Balaban J connectivity index is 1.83. The largest absolute Gasteiger partial charge is 0.489 e. The highest BCUT2D eigenvalue weighted by Gasteiger charge is 1.97. The van der Waals surface area contributed by atoms with Crippen molar-refractivity contribution in [3.8, 4) is 5.75 Å². The summed E-state index contributed by atoms with van der Waals surface area (Å²) in [6.45, 7) is 3.24. The summed E-state index contributed by atoms with van der Waals surface area (Å²) < 4.78 is 5.73. The minimum absolute atomic E-state index is 0.503. The average molecular weight is 348 g/mol. The molecule has 4 nitrogen and oxygen atoms in total. The molecule has 0 fully saturated rings. The summed E-state index contributed by atoms with van der Waals surface area (Å²) in [6.07, 6.45) is 1.70. The van der Waals surface area contributed by atoms with Gasteiger partial charge in [0, 0.05) is 11.6 Å². The fourth-order valence-corrected chi connectivity index (χ4v) is 2.09. The fourth-order valence-electron chi connectivity index (χ4n) is 1.76. The maximum absolute atomic E-state index is 5.85. The van der Waals surface area contributed by atoms with E-state index in [0.29, 0.717) is 11.7 Å². The first-order chi connectivity index (χ1) is 11.2. The SMILES string of the molecule is CCNC(=S)NN=Cc1ccc(OCc2ccc(Cl)cc2)cc1. The Morgan fingerprint density at radius 3 is 2.52 bits per heavy atom. The highest BCUT2D eigenvalue weighted by Crippen LogP contribution is 2.15. The fraction of sp³-hybridized carbons (Fsp3) is 0.176. The monoisotopic (exact) mass is 347 g/mol. The zero-order valence-electron chi connectivity index (χ0n) is 12.8. The summed E-state index contributed by atoms with van der Waals surface area (Å²) in [4.78, 5) is 0. The van der Waals surface area contributed by atoms with Gasteiger partial charge in [0.15, 0.2) is 5.11 Å². The third-order valence-corrected chi connectivity index (χ3v) is 3.40. The molecule has 2 aromatic carbocycles. The minimum atomic E-state index is 0.503. The van der Waals surface area contributed by atoms with Crippen LogP contribution in [0, 0.1) is 0 Å². The molecule has 0 spiro atoms. The van der Waals surface area contributed by atoms with Crippen molar-refractivity contribution >= 4 is 35.1 Å². The summed E-state index contributed by atoms with van der Waals surface area (Å²) in [5.41, 5.74) is 4.77. The van der Waals surface area contributed by atoms with Crippen LogP contribution in [0.15, 0.2) is 53.6 Å². The molecular weight excluding hydrogens is 330 g/mol. The second-order valence-corrected chi connectivity index (χ2v) is 5.56. The van der Waals surface area contributed by atoms with Gasteiger partial charge in [-0.3, -0.25) is 5.43 Å². The number of ether oxygens (including phenoxy) is 1. The van der Waals surface area contributed by atoms with Crippen molar-refractivity contribution in [1.29, 1.82) is 0 Å². The number of rotatable bonds is 6. The zero-order chi connectivity index (χ0) is 16.5. The van der Waals surface area contributed by atoms with Crippen molar-refractivity contribution in [2.45, 2.75) is 13.5 Å². The molecule has 23 heavy (non-hydrogen) atoms.